The topological polar surface area (TPSA) is 99.2 Å². The van der Waals surface area contributed by atoms with E-state index in [2.05, 4.69) is 10.4 Å². The minimum absolute atomic E-state index is 0.177. The third kappa shape index (κ3) is 2.99. The molecule has 0 spiro atoms. The summed E-state index contributed by atoms with van der Waals surface area (Å²) >= 11 is 0. The van der Waals surface area contributed by atoms with Crippen LogP contribution >= 0.6 is 0 Å². The minimum Gasteiger partial charge on any atom is -0.451 e. The summed E-state index contributed by atoms with van der Waals surface area (Å²) in [6.45, 7) is 3.85. The van der Waals surface area contributed by atoms with Gasteiger partial charge in [0.2, 0.25) is 0 Å². The van der Waals surface area contributed by atoms with Gasteiger partial charge in [-0.15, -0.1) is 0 Å². The van der Waals surface area contributed by atoms with E-state index in [1.54, 1.807) is 14.0 Å². The van der Waals surface area contributed by atoms with E-state index in [0.717, 1.165) is 0 Å². The Morgan fingerprint density at radius 3 is 2.61 bits per heavy atom. The van der Waals surface area contributed by atoms with Crippen LogP contribution in [0.3, 0.4) is 0 Å². The number of aromatic nitrogens is 2. The van der Waals surface area contributed by atoms with E-state index in [9.17, 15) is 9.59 Å². The Hall–Kier alpha value is -2.05. The molecule has 0 atom stereocenters. The molecule has 0 unspecified atom stereocenters. The third-order valence-electron chi connectivity index (χ3n) is 2.40. The molecule has 0 saturated heterocycles. The molecule has 0 bridgehead atoms. The first-order valence-corrected chi connectivity index (χ1v) is 5.76. The largest absolute Gasteiger partial charge is 0.451 e. The predicted octanol–water partition coefficient (Wildman–Crippen LogP) is -0.142. The Balaban J connectivity index is 2.73. The molecular weight excluding hydrogens is 236 g/mol. The molecule has 18 heavy (non-hydrogen) atoms. The van der Waals surface area contributed by atoms with Crippen molar-refractivity contribution in [1.82, 2.24) is 15.1 Å². The van der Waals surface area contributed by atoms with Crippen molar-refractivity contribution in [2.75, 3.05) is 18.9 Å². The molecule has 0 aliphatic rings. The summed E-state index contributed by atoms with van der Waals surface area (Å²) in [4.78, 5) is 22.9. The predicted molar refractivity (Wildman–Crippen MR) is 66.0 cm³/mol. The monoisotopic (exact) mass is 254 g/mol. The van der Waals surface area contributed by atoms with Gasteiger partial charge < -0.3 is 15.8 Å². The molecule has 100 valence electrons. The molecule has 1 aromatic heterocycles. The standard InChI is InChI=1S/C11H18N4O3/c1-4-7-9(12)10(15(3)14-7)11(17)18-6-8(16)13-5-2/h4-6,12H2,1-3H3,(H,13,16). The van der Waals surface area contributed by atoms with Crippen molar-refractivity contribution in [2.24, 2.45) is 7.05 Å². The van der Waals surface area contributed by atoms with E-state index in [0.29, 0.717) is 24.3 Å². The van der Waals surface area contributed by atoms with Crippen LogP contribution in [-0.2, 0) is 23.0 Å². The summed E-state index contributed by atoms with van der Waals surface area (Å²) in [6.07, 6.45) is 0.628. The summed E-state index contributed by atoms with van der Waals surface area (Å²) in [6, 6.07) is 0. The van der Waals surface area contributed by atoms with Crippen molar-refractivity contribution in [3.05, 3.63) is 11.4 Å². The fourth-order valence-electron chi connectivity index (χ4n) is 1.55. The highest BCUT2D eigenvalue weighted by molar-refractivity contribution is 5.95. The maximum Gasteiger partial charge on any atom is 0.359 e. The van der Waals surface area contributed by atoms with Crippen molar-refractivity contribution in [3.63, 3.8) is 0 Å². The van der Waals surface area contributed by atoms with E-state index >= 15 is 0 Å². The second-order valence-electron chi connectivity index (χ2n) is 3.72. The van der Waals surface area contributed by atoms with Crippen LogP contribution in [-0.4, -0.2) is 34.8 Å². The number of carbonyl (C=O) groups is 2. The number of amides is 1. The highest BCUT2D eigenvalue weighted by atomic mass is 16.5. The Morgan fingerprint density at radius 2 is 2.11 bits per heavy atom. The number of anilines is 1. The smallest absolute Gasteiger partial charge is 0.359 e. The molecular formula is C11H18N4O3. The van der Waals surface area contributed by atoms with Gasteiger partial charge in [0.25, 0.3) is 5.91 Å². The fraction of sp³-hybridized carbons (Fsp3) is 0.545. The van der Waals surface area contributed by atoms with Crippen LogP contribution in [0, 0.1) is 0 Å². The Bertz CT molecular complexity index is 453. The molecule has 1 heterocycles. The summed E-state index contributed by atoms with van der Waals surface area (Å²) in [5.41, 5.74) is 6.92. The first kappa shape index (κ1) is 14.0. The van der Waals surface area contributed by atoms with Gasteiger partial charge >= 0.3 is 5.97 Å². The zero-order valence-corrected chi connectivity index (χ0v) is 10.8. The average molecular weight is 254 g/mol. The van der Waals surface area contributed by atoms with Gasteiger partial charge in [-0.3, -0.25) is 9.48 Å². The summed E-state index contributed by atoms with van der Waals surface area (Å²) < 4.78 is 6.24. The lowest BCUT2D eigenvalue weighted by Crippen LogP contribution is -2.28. The molecule has 7 nitrogen and oxygen atoms in total. The summed E-state index contributed by atoms with van der Waals surface area (Å²) in [5.74, 6) is -0.990. The Kier molecular flexibility index (Phi) is 4.70. The fourth-order valence-corrected chi connectivity index (χ4v) is 1.55. The molecule has 1 amide bonds. The van der Waals surface area contributed by atoms with Gasteiger partial charge in [-0.05, 0) is 13.3 Å². The van der Waals surface area contributed by atoms with E-state index < -0.39 is 5.97 Å². The van der Waals surface area contributed by atoms with Gasteiger partial charge in [0.05, 0.1) is 11.4 Å². The molecule has 7 heteroatoms. The number of rotatable bonds is 5. The van der Waals surface area contributed by atoms with Crippen molar-refractivity contribution in [2.45, 2.75) is 20.3 Å². The van der Waals surface area contributed by atoms with E-state index in [1.807, 2.05) is 6.92 Å². The number of esters is 1. The number of hydrogen-bond acceptors (Lipinski definition) is 5. The second kappa shape index (κ2) is 6.04. The maximum atomic E-state index is 11.8. The molecule has 0 aliphatic heterocycles. The van der Waals surface area contributed by atoms with Crippen LogP contribution < -0.4 is 11.1 Å². The number of nitrogens with two attached hydrogens (primary N) is 1. The molecule has 1 rings (SSSR count). The number of aryl methyl sites for hydroxylation is 2. The lowest BCUT2D eigenvalue weighted by Gasteiger charge is -2.05. The van der Waals surface area contributed by atoms with Crippen molar-refractivity contribution in [1.29, 1.82) is 0 Å². The number of nitrogens with zero attached hydrogens (tertiary/aromatic N) is 2. The summed E-state index contributed by atoms with van der Waals surface area (Å²) in [7, 11) is 1.61. The molecule has 1 aromatic rings. The van der Waals surface area contributed by atoms with E-state index in [4.69, 9.17) is 10.5 Å². The van der Waals surface area contributed by atoms with Crippen molar-refractivity contribution < 1.29 is 14.3 Å². The first-order chi connectivity index (χ1) is 8.51. The van der Waals surface area contributed by atoms with Crippen molar-refractivity contribution >= 4 is 17.6 Å². The number of nitrogens with one attached hydrogen (secondary N) is 1. The number of carbonyl (C=O) groups excluding carboxylic acids is 2. The van der Waals surface area contributed by atoms with Gasteiger partial charge in [-0.1, -0.05) is 6.92 Å². The minimum atomic E-state index is -0.645. The number of likely N-dealkylation sites (N-methyl/N-ethyl adjacent to an activating group) is 1. The maximum absolute atomic E-state index is 11.8. The highest BCUT2D eigenvalue weighted by Crippen LogP contribution is 2.17. The van der Waals surface area contributed by atoms with Gasteiger partial charge in [0.15, 0.2) is 12.3 Å². The SMILES string of the molecule is CCNC(=O)COC(=O)c1c(N)c(CC)nn1C. The second-order valence-corrected chi connectivity index (χ2v) is 3.72. The molecule has 0 aliphatic carbocycles. The quantitative estimate of drug-likeness (QED) is 0.712. The zero-order valence-electron chi connectivity index (χ0n) is 10.8. The molecule has 0 radical (unpaired) electrons. The Morgan fingerprint density at radius 1 is 1.44 bits per heavy atom. The van der Waals surface area contributed by atoms with Gasteiger partial charge in [0.1, 0.15) is 0 Å². The summed E-state index contributed by atoms with van der Waals surface area (Å²) in [5, 5.41) is 6.63. The molecule has 3 N–H and O–H groups in total. The van der Waals surface area contributed by atoms with Crippen LogP contribution in [0.4, 0.5) is 5.69 Å². The normalized spacial score (nSPS) is 10.2. The molecule has 0 saturated carbocycles. The van der Waals surface area contributed by atoms with Gasteiger partial charge in [-0.2, -0.15) is 5.10 Å². The van der Waals surface area contributed by atoms with Crippen LogP contribution in [0.1, 0.15) is 30.0 Å². The van der Waals surface area contributed by atoms with Crippen LogP contribution in [0.25, 0.3) is 0 Å². The lowest BCUT2D eigenvalue weighted by molar-refractivity contribution is -0.124. The first-order valence-electron chi connectivity index (χ1n) is 5.76. The number of hydrogen-bond donors (Lipinski definition) is 2. The van der Waals surface area contributed by atoms with Crippen molar-refractivity contribution in [3.8, 4) is 0 Å². The van der Waals surface area contributed by atoms with E-state index in [-0.39, 0.29) is 18.2 Å². The highest BCUT2D eigenvalue weighted by Gasteiger charge is 2.21. The lowest BCUT2D eigenvalue weighted by atomic mass is 10.2. The molecule has 0 fully saturated rings. The van der Waals surface area contributed by atoms with Crippen LogP contribution in [0.5, 0.6) is 0 Å². The molecule has 0 aromatic carbocycles. The Labute approximate surface area is 105 Å². The van der Waals surface area contributed by atoms with Crippen LogP contribution in [0.2, 0.25) is 0 Å². The van der Waals surface area contributed by atoms with E-state index in [1.165, 1.54) is 4.68 Å². The number of ether oxygens (including phenoxy) is 1. The van der Waals surface area contributed by atoms with Crippen LogP contribution in [0.15, 0.2) is 0 Å². The average Bonchev–Trinajstić information content (AvgIpc) is 2.61. The van der Waals surface area contributed by atoms with Gasteiger partial charge in [0, 0.05) is 13.6 Å². The zero-order chi connectivity index (χ0) is 13.7. The number of nitrogen functional groups attached to an aromatic ring is 1. The van der Waals surface area contributed by atoms with Gasteiger partial charge in [-0.25, -0.2) is 4.79 Å². The third-order valence-corrected chi connectivity index (χ3v) is 2.40.